The molecule has 1 aliphatic rings. The van der Waals surface area contributed by atoms with Crippen molar-refractivity contribution < 1.29 is 4.79 Å². The Hall–Kier alpha value is -2.62. The molecule has 0 bridgehead atoms. The number of nitrogens with zero attached hydrogens (tertiary/aromatic N) is 2. The van der Waals surface area contributed by atoms with E-state index in [1.165, 1.54) is 37.7 Å². The average molecular weight is 434 g/mol. The molecule has 1 N–H and O–H groups in total. The van der Waals surface area contributed by atoms with E-state index in [-0.39, 0.29) is 11.3 Å². The first-order valence-electron chi connectivity index (χ1n) is 12.2. The first-order chi connectivity index (χ1) is 15.3. The van der Waals surface area contributed by atoms with Gasteiger partial charge in [-0.1, -0.05) is 52.2 Å². The predicted molar refractivity (Wildman–Crippen MR) is 138 cm³/mol. The van der Waals surface area contributed by atoms with Crippen LogP contribution in [-0.2, 0) is 5.41 Å². The zero-order chi connectivity index (χ0) is 23.1. The van der Waals surface area contributed by atoms with Crippen LogP contribution >= 0.6 is 0 Å². The summed E-state index contributed by atoms with van der Waals surface area (Å²) in [7, 11) is 0. The van der Waals surface area contributed by atoms with E-state index in [4.69, 9.17) is 4.99 Å². The van der Waals surface area contributed by atoms with Crippen LogP contribution in [0.1, 0.15) is 82.6 Å². The van der Waals surface area contributed by atoms with Crippen molar-refractivity contribution in [1.29, 1.82) is 0 Å². The Balaban J connectivity index is 1.84. The number of hydrogen-bond donors (Lipinski definition) is 1. The monoisotopic (exact) mass is 433 g/mol. The van der Waals surface area contributed by atoms with Crippen LogP contribution in [0.4, 0.5) is 17.1 Å². The molecule has 0 heterocycles. The van der Waals surface area contributed by atoms with Crippen molar-refractivity contribution >= 4 is 29.2 Å². The van der Waals surface area contributed by atoms with Crippen molar-refractivity contribution in [3.8, 4) is 0 Å². The number of carbonyl (C=O) groups is 1. The number of anilines is 2. The van der Waals surface area contributed by atoms with Crippen molar-refractivity contribution in [2.45, 2.75) is 72.1 Å². The van der Waals surface area contributed by atoms with Gasteiger partial charge in [-0.3, -0.25) is 9.79 Å². The van der Waals surface area contributed by atoms with Crippen LogP contribution in [0.3, 0.4) is 0 Å². The largest absolute Gasteiger partial charge is 0.370 e. The Morgan fingerprint density at radius 1 is 1.03 bits per heavy atom. The Labute approximate surface area is 194 Å². The highest BCUT2D eigenvalue weighted by molar-refractivity contribution is 6.06. The van der Waals surface area contributed by atoms with Crippen LogP contribution in [0.5, 0.6) is 0 Å². The molecule has 1 amide bonds. The van der Waals surface area contributed by atoms with Crippen LogP contribution < -0.4 is 10.2 Å². The van der Waals surface area contributed by atoms with Gasteiger partial charge in [0, 0.05) is 24.9 Å². The van der Waals surface area contributed by atoms with Gasteiger partial charge in [0.05, 0.1) is 17.1 Å². The van der Waals surface area contributed by atoms with E-state index in [1.54, 1.807) is 0 Å². The maximum atomic E-state index is 13.1. The fraction of sp³-hybridized carbons (Fsp3) is 0.500. The summed E-state index contributed by atoms with van der Waals surface area (Å²) in [6, 6.07) is 14.1. The third kappa shape index (κ3) is 6.21. The van der Waals surface area contributed by atoms with Crippen LogP contribution in [-0.4, -0.2) is 25.2 Å². The lowest BCUT2D eigenvalue weighted by Crippen LogP contribution is -2.24. The van der Waals surface area contributed by atoms with Crippen molar-refractivity contribution in [2.75, 3.05) is 23.3 Å². The van der Waals surface area contributed by atoms with E-state index in [1.807, 2.05) is 30.3 Å². The fourth-order valence-corrected chi connectivity index (χ4v) is 4.34. The Morgan fingerprint density at radius 3 is 2.28 bits per heavy atom. The highest BCUT2D eigenvalue weighted by atomic mass is 16.1. The number of nitrogens with one attached hydrogen (secondary N) is 1. The van der Waals surface area contributed by atoms with E-state index in [2.05, 4.69) is 63.2 Å². The Kier molecular flexibility index (Phi) is 8.11. The summed E-state index contributed by atoms with van der Waals surface area (Å²) >= 11 is 0. The van der Waals surface area contributed by atoms with Gasteiger partial charge in [0.15, 0.2) is 0 Å². The SMILES string of the molecule is CCN(CC)c1ccc(N=CC2CCCCC2)cc1NC(=O)c1ccc(C(C)(C)C)cc1. The third-order valence-corrected chi connectivity index (χ3v) is 6.43. The summed E-state index contributed by atoms with van der Waals surface area (Å²) < 4.78 is 0. The lowest BCUT2D eigenvalue weighted by molar-refractivity contribution is 0.102. The summed E-state index contributed by atoms with van der Waals surface area (Å²) in [6.45, 7) is 12.6. The van der Waals surface area contributed by atoms with E-state index >= 15 is 0 Å². The van der Waals surface area contributed by atoms with Crippen LogP contribution in [0.25, 0.3) is 0 Å². The summed E-state index contributed by atoms with van der Waals surface area (Å²) in [6.07, 6.45) is 8.52. The molecule has 2 aromatic rings. The lowest BCUT2D eigenvalue weighted by atomic mass is 9.87. The molecule has 0 aliphatic heterocycles. The van der Waals surface area contributed by atoms with Gasteiger partial charge >= 0.3 is 0 Å². The second-order valence-corrected chi connectivity index (χ2v) is 9.83. The molecular formula is C28H39N3O. The molecule has 2 aromatic carbocycles. The molecule has 0 aromatic heterocycles. The Morgan fingerprint density at radius 2 is 1.69 bits per heavy atom. The number of hydrogen-bond acceptors (Lipinski definition) is 3. The van der Waals surface area contributed by atoms with Gasteiger partial charge in [-0.25, -0.2) is 0 Å². The molecule has 4 nitrogen and oxygen atoms in total. The van der Waals surface area contributed by atoms with Gasteiger partial charge in [-0.05, 0) is 73.9 Å². The number of aliphatic imine (C=N–C) groups is 1. The molecule has 1 fully saturated rings. The molecule has 32 heavy (non-hydrogen) atoms. The second-order valence-electron chi connectivity index (χ2n) is 9.83. The Bertz CT molecular complexity index is 915. The molecule has 0 atom stereocenters. The van der Waals surface area contributed by atoms with Crippen molar-refractivity contribution in [1.82, 2.24) is 0 Å². The molecule has 1 aliphatic carbocycles. The smallest absolute Gasteiger partial charge is 0.255 e. The zero-order valence-corrected chi connectivity index (χ0v) is 20.4. The molecular weight excluding hydrogens is 394 g/mol. The zero-order valence-electron chi connectivity index (χ0n) is 20.4. The minimum atomic E-state index is -0.0905. The molecule has 0 spiro atoms. The molecule has 172 valence electrons. The van der Waals surface area contributed by atoms with Gasteiger partial charge in [-0.15, -0.1) is 0 Å². The normalized spacial score (nSPS) is 15.2. The molecule has 3 rings (SSSR count). The molecule has 0 unspecified atom stereocenters. The van der Waals surface area contributed by atoms with Crippen LogP contribution in [0.2, 0.25) is 0 Å². The van der Waals surface area contributed by atoms with Crippen molar-refractivity contribution in [2.24, 2.45) is 10.9 Å². The molecule has 1 saturated carbocycles. The summed E-state index contributed by atoms with van der Waals surface area (Å²) in [5.74, 6) is 0.484. The van der Waals surface area contributed by atoms with E-state index in [9.17, 15) is 4.79 Å². The quantitative estimate of drug-likeness (QED) is 0.463. The van der Waals surface area contributed by atoms with Gasteiger partial charge in [0.1, 0.15) is 0 Å². The molecule has 4 heteroatoms. The van der Waals surface area contributed by atoms with E-state index in [0.29, 0.717) is 11.5 Å². The highest BCUT2D eigenvalue weighted by Crippen LogP contribution is 2.32. The number of amides is 1. The number of carbonyl (C=O) groups excluding carboxylic acids is 1. The second kappa shape index (κ2) is 10.8. The fourth-order valence-electron chi connectivity index (χ4n) is 4.34. The highest BCUT2D eigenvalue weighted by Gasteiger charge is 2.17. The average Bonchev–Trinajstić information content (AvgIpc) is 2.80. The van der Waals surface area contributed by atoms with Gasteiger partial charge in [0.2, 0.25) is 0 Å². The minimum Gasteiger partial charge on any atom is -0.370 e. The van der Waals surface area contributed by atoms with Crippen LogP contribution in [0, 0.1) is 5.92 Å². The van der Waals surface area contributed by atoms with E-state index < -0.39 is 0 Å². The minimum absolute atomic E-state index is 0.0651. The van der Waals surface area contributed by atoms with Gasteiger partial charge in [-0.2, -0.15) is 0 Å². The topological polar surface area (TPSA) is 44.7 Å². The van der Waals surface area contributed by atoms with Crippen LogP contribution in [0.15, 0.2) is 47.5 Å². The maximum Gasteiger partial charge on any atom is 0.255 e. The van der Waals surface area contributed by atoms with Crippen molar-refractivity contribution in [3.05, 3.63) is 53.6 Å². The summed E-state index contributed by atoms with van der Waals surface area (Å²) in [5, 5.41) is 3.16. The first-order valence-corrected chi connectivity index (χ1v) is 12.2. The maximum absolute atomic E-state index is 13.1. The van der Waals surface area contributed by atoms with Gasteiger partial charge < -0.3 is 10.2 Å². The molecule has 0 saturated heterocycles. The predicted octanol–water partition coefficient (Wildman–Crippen LogP) is 7.37. The standard InChI is InChI=1S/C28H39N3O/c1-6-31(7-2)26-18-17-24(29-20-21-11-9-8-10-12-21)19-25(26)30-27(32)22-13-15-23(16-14-22)28(3,4)5/h13-21H,6-12H2,1-5H3,(H,30,32). The van der Waals surface area contributed by atoms with E-state index in [0.717, 1.165) is 30.2 Å². The van der Waals surface area contributed by atoms with Crippen molar-refractivity contribution in [3.63, 3.8) is 0 Å². The third-order valence-electron chi connectivity index (χ3n) is 6.43. The summed E-state index contributed by atoms with van der Waals surface area (Å²) in [5.41, 5.74) is 4.69. The van der Waals surface area contributed by atoms with Gasteiger partial charge in [0.25, 0.3) is 5.91 Å². The number of rotatable bonds is 7. The first kappa shape index (κ1) is 24.0. The molecule has 0 radical (unpaired) electrons. The summed E-state index contributed by atoms with van der Waals surface area (Å²) in [4.78, 5) is 20.1. The lowest BCUT2D eigenvalue weighted by Gasteiger charge is -2.25. The number of benzene rings is 2.